The van der Waals surface area contributed by atoms with E-state index in [0.29, 0.717) is 0 Å². The lowest BCUT2D eigenvalue weighted by molar-refractivity contribution is -0.0702. The van der Waals surface area contributed by atoms with E-state index in [0.717, 1.165) is 6.42 Å². The molecule has 1 aromatic rings. The van der Waals surface area contributed by atoms with Gasteiger partial charge in [0.25, 0.3) is 0 Å². The van der Waals surface area contributed by atoms with Crippen LogP contribution in [0.3, 0.4) is 0 Å². The highest BCUT2D eigenvalue weighted by molar-refractivity contribution is 7.09. The molecule has 1 saturated carbocycles. The maximum absolute atomic E-state index is 5.55. The van der Waals surface area contributed by atoms with Crippen LogP contribution in [0.25, 0.3) is 0 Å². The Hall–Kier alpha value is -0.340. The van der Waals surface area contributed by atoms with Gasteiger partial charge in [-0.1, -0.05) is 6.07 Å². The van der Waals surface area contributed by atoms with Gasteiger partial charge >= 0.3 is 0 Å². The van der Waals surface area contributed by atoms with Crippen molar-refractivity contribution in [3.8, 4) is 0 Å². The molecule has 0 spiro atoms. The van der Waals surface area contributed by atoms with Gasteiger partial charge in [0.15, 0.2) is 0 Å². The van der Waals surface area contributed by atoms with Crippen molar-refractivity contribution in [2.45, 2.75) is 31.3 Å². The van der Waals surface area contributed by atoms with E-state index in [9.17, 15) is 0 Å². The van der Waals surface area contributed by atoms with E-state index in [1.165, 1.54) is 24.1 Å². The van der Waals surface area contributed by atoms with Gasteiger partial charge in [-0.25, -0.2) is 0 Å². The lowest BCUT2D eigenvalue weighted by Gasteiger charge is -2.40. The summed E-state index contributed by atoms with van der Waals surface area (Å²) in [5.74, 6) is 0. The van der Waals surface area contributed by atoms with Crippen molar-refractivity contribution in [1.29, 1.82) is 0 Å². The van der Waals surface area contributed by atoms with Gasteiger partial charge in [0, 0.05) is 18.4 Å². The summed E-state index contributed by atoms with van der Waals surface area (Å²) in [4.78, 5) is 1.46. The molecule has 0 unspecified atom stereocenters. The zero-order valence-corrected chi connectivity index (χ0v) is 8.19. The quantitative estimate of drug-likeness (QED) is 0.698. The Balaban J connectivity index is 2.01. The SMILES string of the molecule is COC1(Cc2cccs2)CCC1. The van der Waals surface area contributed by atoms with Gasteiger partial charge in [-0.15, -0.1) is 11.3 Å². The van der Waals surface area contributed by atoms with E-state index in [1.54, 1.807) is 0 Å². The van der Waals surface area contributed by atoms with Gasteiger partial charge in [-0.05, 0) is 30.7 Å². The molecule has 0 bridgehead atoms. The van der Waals surface area contributed by atoms with E-state index in [1.807, 2.05) is 18.4 Å². The average Bonchev–Trinajstić information content (AvgIpc) is 2.49. The predicted molar refractivity (Wildman–Crippen MR) is 51.6 cm³/mol. The molecule has 0 aliphatic heterocycles. The Labute approximate surface area is 77.4 Å². The van der Waals surface area contributed by atoms with Crippen LogP contribution in [0.5, 0.6) is 0 Å². The predicted octanol–water partition coefficient (Wildman–Crippen LogP) is 2.86. The second-order valence-electron chi connectivity index (χ2n) is 3.50. The molecular weight excluding hydrogens is 168 g/mol. The molecule has 66 valence electrons. The topological polar surface area (TPSA) is 9.23 Å². The second kappa shape index (κ2) is 3.19. The van der Waals surface area contributed by atoms with Crippen LogP contribution >= 0.6 is 11.3 Å². The first kappa shape index (κ1) is 8.27. The molecular formula is C10H14OS. The first-order chi connectivity index (χ1) is 5.85. The third-order valence-corrected chi connectivity index (χ3v) is 3.65. The van der Waals surface area contributed by atoms with E-state index in [-0.39, 0.29) is 5.60 Å². The van der Waals surface area contributed by atoms with Crippen molar-refractivity contribution in [3.05, 3.63) is 22.4 Å². The molecule has 0 saturated heterocycles. The molecule has 1 nitrogen and oxygen atoms in total. The highest BCUT2D eigenvalue weighted by Crippen LogP contribution is 2.38. The zero-order valence-electron chi connectivity index (χ0n) is 7.38. The summed E-state index contributed by atoms with van der Waals surface area (Å²) in [7, 11) is 1.84. The molecule has 1 fully saturated rings. The fourth-order valence-electron chi connectivity index (χ4n) is 1.75. The molecule has 1 aliphatic carbocycles. The molecule has 1 aromatic heterocycles. The number of hydrogen-bond acceptors (Lipinski definition) is 2. The molecule has 2 rings (SSSR count). The third-order valence-electron chi connectivity index (χ3n) is 2.77. The largest absolute Gasteiger partial charge is 0.378 e. The molecule has 0 N–H and O–H groups in total. The Morgan fingerprint density at radius 2 is 2.42 bits per heavy atom. The fourth-order valence-corrected chi connectivity index (χ4v) is 2.59. The van der Waals surface area contributed by atoms with E-state index in [4.69, 9.17) is 4.74 Å². The molecule has 1 heterocycles. The van der Waals surface area contributed by atoms with Crippen LogP contribution in [-0.4, -0.2) is 12.7 Å². The number of ether oxygens (including phenoxy) is 1. The molecule has 0 radical (unpaired) electrons. The summed E-state index contributed by atoms with van der Waals surface area (Å²) in [5.41, 5.74) is 0.199. The lowest BCUT2D eigenvalue weighted by atomic mass is 9.77. The van der Waals surface area contributed by atoms with Gasteiger partial charge < -0.3 is 4.74 Å². The van der Waals surface area contributed by atoms with Crippen LogP contribution in [0.2, 0.25) is 0 Å². The van der Waals surface area contributed by atoms with Crippen molar-refractivity contribution in [1.82, 2.24) is 0 Å². The van der Waals surface area contributed by atoms with Gasteiger partial charge in [0.05, 0.1) is 5.60 Å². The zero-order chi connectivity index (χ0) is 8.44. The van der Waals surface area contributed by atoms with Crippen molar-refractivity contribution in [3.63, 3.8) is 0 Å². The minimum atomic E-state index is 0.199. The monoisotopic (exact) mass is 182 g/mol. The van der Waals surface area contributed by atoms with Crippen molar-refractivity contribution < 1.29 is 4.74 Å². The average molecular weight is 182 g/mol. The minimum Gasteiger partial charge on any atom is -0.378 e. The van der Waals surface area contributed by atoms with Crippen molar-refractivity contribution in [2.75, 3.05) is 7.11 Å². The van der Waals surface area contributed by atoms with Crippen LogP contribution in [0.4, 0.5) is 0 Å². The van der Waals surface area contributed by atoms with Crippen LogP contribution in [0.15, 0.2) is 17.5 Å². The molecule has 0 amide bonds. The molecule has 2 heteroatoms. The Bertz CT molecular complexity index is 231. The highest BCUT2D eigenvalue weighted by atomic mass is 32.1. The summed E-state index contributed by atoms with van der Waals surface area (Å²) in [5, 5.41) is 2.14. The first-order valence-electron chi connectivity index (χ1n) is 4.42. The number of thiophene rings is 1. The minimum absolute atomic E-state index is 0.199. The van der Waals surface area contributed by atoms with Gasteiger partial charge in [0.1, 0.15) is 0 Å². The van der Waals surface area contributed by atoms with Crippen LogP contribution in [0, 0.1) is 0 Å². The number of methoxy groups -OCH3 is 1. The molecule has 1 aliphatic rings. The van der Waals surface area contributed by atoms with E-state index in [2.05, 4.69) is 17.5 Å². The van der Waals surface area contributed by atoms with Crippen LogP contribution in [0.1, 0.15) is 24.1 Å². The second-order valence-corrected chi connectivity index (χ2v) is 4.53. The third kappa shape index (κ3) is 1.41. The lowest BCUT2D eigenvalue weighted by Crippen LogP contribution is -2.40. The maximum Gasteiger partial charge on any atom is 0.0726 e. The first-order valence-corrected chi connectivity index (χ1v) is 5.30. The Morgan fingerprint density at radius 3 is 2.83 bits per heavy atom. The highest BCUT2D eigenvalue weighted by Gasteiger charge is 2.37. The Kier molecular flexibility index (Phi) is 2.20. The summed E-state index contributed by atoms with van der Waals surface area (Å²) in [6.45, 7) is 0. The van der Waals surface area contributed by atoms with Crippen molar-refractivity contribution >= 4 is 11.3 Å². The van der Waals surface area contributed by atoms with Crippen LogP contribution in [-0.2, 0) is 11.2 Å². The smallest absolute Gasteiger partial charge is 0.0726 e. The molecule has 12 heavy (non-hydrogen) atoms. The van der Waals surface area contributed by atoms with E-state index < -0.39 is 0 Å². The van der Waals surface area contributed by atoms with Crippen molar-refractivity contribution in [2.24, 2.45) is 0 Å². The summed E-state index contributed by atoms with van der Waals surface area (Å²) >= 11 is 1.83. The van der Waals surface area contributed by atoms with Gasteiger partial charge in [-0.2, -0.15) is 0 Å². The summed E-state index contributed by atoms with van der Waals surface area (Å²) < 4.78 is 5.55. The fraction of sp³-hybridized carbons (Fsp3) is 0.600. The normalized spacial score (nSPS) is 20.4. The van der Waals surface area contributed by atoms with Gasteiger partial charge in [0.2, 0.25) is 0 Å². The summed E-state index contributed by atoms with van der Waals surface area (Å²) in [6.07, 6.45) is 4.92. The summed E-state index contributed by atoms with van der Waals surface area (Å²) in [6, 6.07) is 4.31. The standard InChI is InChI=1S/C10H14OS/c1-11-10(5-3-6-10)8-9-4-2-7-12-9/h2,4,7H,3,5-6,8H2,1H3. The van der Waals surface area contributed by atoms with Gasteiger partial charge in [-0.3, -0.25) is 0 Å². The molecule has 0 aromatic carbocycles. The Morgan fingerprint density at radius 1 is 1.58 bits per heavy atom. The maximum atomic E-state index is 5.55. The number of hydrogen-bond donors (Lipinski definition) is 0. The van der Waals surface area contributed by atoms with E-state index >= 15 is 0 Å². The molecule has 0 atom stereocenters. The number of rotatable bonds is 3. The van der Waals surface area contributed by atoms with Crippen LogP contribution < -0.4 is 0 Å².